The van der Waals surface area contributed by atoms with E-state index in [4.69, 9.17) is 11.9 Å². The molecule has 0 aliphatic carbocycles. The summed E-state index contributed by atoms with van der Waals surface area (Å²) in [6.07, 6.45) is 2.81. The molecule has 0 aliphatic rings. The van der Waals surface area contributed by atoms with E-state index >= 15 is 0 Å². The average Bonchev–Trinajstić information content (AvgIpc) is 2.11. The predicted molar refractivity (Wildman–Crippen MR) is 46.8 cm³/mol. The van der Waals surface area contributed by atoms with Gasteiger partial charge in [0.05, 0.1) is 25.1 Å². The first-order valence-corrected chi connectivity index (χ1v) is 4.86. The highest BCUT2D eigenvalue weighted by atomic mass is 35.5. The Morgan fingerprint density at radius 3 is 1.92 bits per heavy atom. The molecule has 0 heterocycles. The molecule has 0 fully saturated rings. The number of hydrogen-bond donors (Lipinski definition) is 0. The first-order chi connectivity index (χ1) is 5.68. The van der Waals surface area contributed by atoms with E-state index in [9.17, 15) is 4.57 Å². The minimum Gasteiger partial charge on any atom is -0.282 e. The molecule has 0 N–H and O–H groups in total. The minimum absolute atomic E-state index is 0.0428. The molecule has 0 atom stereocenters. The van der Waals surface area contributed by atoms with Crippen LogP contribution >= 0.6 is 19.7 Å². The molecule has 12 heavy (non-hydrogen) atoms. The van der Waals surface area contributed by atoms with Crippen LogP contribution < -0.4 is 0 Å². The van der Waals surface area contributed by atoms with Crippen molar-refractivity contribution < 1.29 is 17.7 Å². The Morgan fingerprint density at radius 2 is 1.67 bits per heavy atom. The van der Waals surface area contributed by atoms with E-state index in [0.29, 0.717) is 0 Å². The van der Waals surface area contributed by atoms with Crippen molar-refractivity contribution in [1.82, 2.24) is 0 Å². The van der Waals surface area contributed by atoms with Gasteiger partial charge in [0.2, 0.25) is 0 Å². The fourth-order valence-corrected chi connectivity index (χ4v) is 1.33. The van der Waals surface area contributed by atoms with Crippen LogP contribution in [0.1, 0.15) is 0 Å². The van der Waals surface area contributed by atoms with E-state index in [1.165, 1.54) is 12.2 Å². The van der Waals surface area contributed by atoms with Gasteiger partial charge in [-0.05, 0) is 0 Å². The zero-order valence-electron chi connectivity index (χ0n) is 6.44. The van der Waals surface area contributed by atoms with Gasteiger partial charge in [-0.2, -0.15) is 4.08 Å². The van der Waals surface area contributed by atoms with Crippen molar-refractivity contribution in [2.75, 3.05) is 13.2 Å². The molecule has 0 aromatic heterocycles. The summed E-state index contributed by atoms with van der Waals surface area (Å²) in [5, 5.41) is 0. The first kappa shape index (κ1) is 11.9. The molecule has 0 saturated carbocycles. The Labute approximate surface area is 76.6 Å². The molecule has 0 bridgehead atoms. The largest absolute Gasteiger partial charge is 0.491 e. The second-order valence-corrected chi connectivity index (χ2v) is 3.65. The lowest BCUT2D eigenvalue weighted by Gasteiger charge is -2.11. The first-order valence-electron chi connectivity index (χ1n) is 3.09. The van der Waals surface area contributed by atoms with E-state index in [0.717, 1.165) is 0 Å². The van der Waals surface area contributed by atoms with Crippen LogP contribution in [0.4, 0.5) is 0 Å². The van der Waals surface area contributed by atoms with E-state index in [-0.39, 0.29) is 13.2 Å². The van der Waals surface area contributed by atoms with Gasteiger partial charge in [-0.1, -0.05) is 12.2 Å². The normalized spacial score (nSPS) is 11.1. The fourth-order valence-electron chi connectivity index (χ4n) is 0.365. The van der Waals surface area contributed by atoms with Gasteiger partial charge in [-0.3, -0.25) is 9.05 Å². The number of hydrogen-bond acceptors (Lipinski definition) is 4. The van der Waals surface area contributed by atoms with Gasteiger partial charge in [-0.15, -0.1) is 13.2 Å². The van der Waals surface area contributed by atoms with Crippen LogP contribution in [0.5, 0.6) is 0 Å². The van der Waals surface area contributed by atoms with Crippen molar-refractivity contribution in [3.05, 3.63) is 25.3 Å². The maximum absolute atomic E-state index is 11.2. The monoisotopic (exact) mass is 212 g/mol. The summed E-state index contributed by atoms with van der Waals surface area (Å²) in [4.78, 5) is 0. The lowest BCUT2D eigenvalue weighted by molar-refractivity contribution is 0.185. The van der Waals surface area contributed by atoms with E-state index in [1.807, 2.05) is 0 Å². The molecule has 4 nitrogen and oxygen atoms in total. The van der Waals surface area contributed by atoms with Gasteiger partial charge in [-0.25, -0.2) is 4.57 Å². The van der Waals surface area contributed by atoms with Crippen molar-refractivity contribution in [3.63, 3.8) is 0 Å². The van der Waals surface area contributed by atoms with Gasteiger partial charge in [0.1, 0.15) is 0 Å². The van der Waals surface area contributed by atoms with E-state index < -0.39 is 7.82 Å². The smallest absolute Gasteiger partial charge is 0.282 e. The topological polar surface area (TPSA) is 44.8 Å². The molecule has 70 valence electrons. The molecular formula is C6H10ClO4P. The lowest BCUT2D eigenvalue weighted by atomic mass is 10.7. The predicted octanol–water partition coefficient (Wildman–Crippen LogP) is 2.67. The Balaban J connectivity index is 3.94. The molecule has 0 saturated heterocycles. The number of rotatable bonds is 7. The maximum atomic E-state index is 11.2. The van der Waals surface area contributed by atoms with Gasteiger partial charge >= 0.3 is 7.82 Å². The van der Waals surface area contributed by atoms with Crippen LogP contribution in [0.15, 0.2) is 25.3 Å². The maximum Gasteiger partial charge on any atom is 0.491 e. The highest BCUT2D eigenvalue weighted by molar-refractivity contribution is 7.49. The van der Waals surface area contributed by atoms with Crippen molar-refractivity contribution in [2.45, 2.75) is 0 Å². The Hall–Kier alpha value is -0.120. The summed E-state index contributed by atoms with van der Waals surface area (Å²) in [6, 6.07) is 0. The fraction of sp³-hybridized carbons (Fsp3) is 0.333. The third-order valence-corrected chi connectivity index (χ3v) is 2.39. The van der Waals surface area contributed by atoms with E-state index in [1.54, 1.807) is 0 Å². The van der Waals surface area contributed by atoms with Crippen LogP contribution in [0.2, 0.25) is 0 Å². The molecule has 0 unspecified atom stereocenters. The van der Waals surface area contributed by atoms with Crippen LogP contribution in [0.25, 0.3) is 0 Å². The highest BCUT2D eigenvalue weighted by Crippen LogP contribution is 2.50. The molecule has 6 heteroatoms. The number of phosphoric acid groups is 1. The number of phosphoric ester groups is 1. The van der Waals surface area contributed by atoms with Gasteiger partial charge in [0.15, 0.2) is 0 Å². The molecule has 0 radical (unpaired) electrons. The van der Waals surface area contributed by atoms with Crippen molar-refractivity contribution >= 4 is 19.7 Å². The molecule has 0 spiro atoms. The quantitative estimate of drug-likeness (QED) is 0.481. The van der Waals surface area contributed by atoms with Gasteiger partial charge in [0, 0.05) is 0 Å². The van der Waals surface area contributed by atoms with Crippen LogP contribution in [-0.4, -0.2) is 13.2 Å². The summed E-state index contributed by atoms with van der Waals surface area (Å²) >= 11 is 4.90. The van der Waals surface area contributed by atoms with Crippen LogP contribution in [-0.2, 0) is 17.7 Å². The van der Waals surface area contributed by atoms with Gasteiger partial charge < -0.3 is 0 Å². The van der Waals surface area contributed by atoms with Crippen molar-refractivity contribution in [1.29, 1.82) is 0 Å². The molecule has 0 aromatic rings. The Morgan fingerprint density at radius 1 is 1.25 bits per heavy atom. The minimum atomic E-state index is -3.61. The summed E-state index contributed by atoms with van der Waals surface area (Å²) in [6.45, 7) is 6.80. The Kier molecular flexibility index (Phi) is 6.34. The van der Waals surface area contributed by atoms with Crippen molar-refractivity contribution in [2.24, 2.45) is 0 Å². The second-order valence-electron chi connectivity index (χ2n) is 1.69. The number of halogens is 1. The summed E-state index contributed by atoms with van der Waals surface area (Å²) in [7, 11) is -3.61. The van der Waals surface area contributed by atoms with E-state index in [2.05, 4.69) is 26.3 Å². The zero-order chi connectivity index (χ0) is 9.45. The van der Waals surface area contributed by atoms with Crippen LogP contribution in [0.3, 0.4) is 0 Å². The zero-order valence-corrected chi connectivity index (χ0v) is 8.09. The summed E-state index contributed by atoms with van der Waals surface area (Å²) < 4.78 is 24.5. The molecule has 0 aromatic carbocycles. The SMILES string of the molecule is C=CCOP(=O)(OCl)OCC=C. The average molecular weight is 213 g/mol. The van der Waals surface area contributed by atoms with Crippen LogP contribution in [0, 0.1) is 0 Å². The molecule has 0 aliphatic heterocycles. The summed E-state index contributed by atoms with van der Waals surface area (Å²) in [5.41, 5.74) is 0. The third-order valence-electron chi connectivity index (χ3n) is 0.786. The second kappa shape index (κ2) is 6.40. The van der Waals surface area contributed by atoms with Crippen molar-refractivity contribution in [3.8, 4) is 0 Å². The lowest BCUT2D eigenvalue weighted by Crippen LogP contribution is -1.95. The molecule has 0 rings (SSSR count). The molecule has 0 amide bonds. The molecular weight excluding hydrogens is 202 g/mol. The standard InChI is InChI=1S/C6H10ClO4P/c1-3-5-9-12(8,11-7)10-6-4-2/h3-4H,1-2,5-6H2. The third kappa shape index (κ3) is 4.70. The highest BCUT2D eigenvalue weighted by Gasteiger charge is 2.25. The Bertz CT molecular complexity index is 178. The summed E-state index contributed by atoms with van der Waals surface area (Å²) in [5.74, 6) is 0. The van der Waals surface area contributed by atoms with Gasteiger partial charge in [0.25, 0.3) is 0 Å².